The minimum absolute atomic E-state index is 0.218. The molecule has 3 rings (SSSR count). The van der Waals surface area contributed by atoms with Crippen LogP contribution in [0.4, 0.5) is 0 Å². The van der Waals surface area contributed by atoms with Gasteiger partial charge in [-0.15, -0.1) is 11.3 Å². The number of rotatable bonds is 5. The molecule has 0 aliphatic carbocycles. The van der Waals surface area contributed by atoms with Crippen LogP contribution in [0.2, 0.25) is 0 Å². The van der Waals surface area contributed by atoms with E-state index in [1.165, 1.54) is 6.42 Å². The van der Waals surface area contributed by atoms with Gasteiger partial charge in [0.25, 0.3) is 0 Å². The zero-order valence-electron chi connectivity index (χ0n) is 12.9. The highest BCUT2D eigenvalue weighted by Gasteiger charge is 2.26. The van der Waals surface area contributed by atoms with Crippen LogP contribution in [0, 0.1) is 6.92 Å². The van der Waals surface area contributed by atoms with Crippen LogP contribution in [0.15, 0.2) is 23.8 Å². The van der Waals surface area contributed by atoms with Crippen LogP contribution in [-0.4, -0.2) is 38.2 Å². The van der Waals surface area contributed by atoms with Crippen molar-refractivity contribution in [1.29, 1.82) is 0 Å². The molecule has 0 unspecified atom stereocenters. The Labute approximate surface area is 135 Å². The van der Waals surface area contributed by atoms with E-state index >= 15 is 0 Å². The van der Waals surface area contributed by atoms with E-state index in [2.05, 4.69) is 15.0 Å². The normalized spacial score (nSPS) is 18.6. The quantitative estimate of drug-likeness (QED) is 0.851. The van der Waals surface area contributed by atoms with Crippen molar-refractivity contribution in [3.8, 4) is 0 Å². The Hall–Kier alpha value is -1.69. The first-order valence-electron chi connectivity index (χ1n) is 7.90. The van der Waals surface area contributed by atoms with E-state index < -0.39 is 0 Å². The number of thiazole rings is 1. The number of hydrogen-bond acceptors (Lipinski definition) is 4. The maximum absolute atomic E-state index is 12.6. The summed E-state index contributed by atoms with van der Waals surface area (Å²) < 4.78 is 1.95. The Bertz CT molecular complexity index is 607. The van der Waals surface area contributed by atoms with Crippen molar-refractivity contribution in [2.75, 3.05) is 6.54 Å². The van der Waals surface area contributed by atoms with Gasteiger partial charge < -0.3 is 4.90 Å². The van der Waals surface area contributed by atoms with E-state index in [-0.39, 0.29) is 5.91 Å². The summed E-state index contributed by atoms with van der Waals surface area (Å²) in [7, 11) is 0. The van der Waals surface area contributed by atoms with E-state index in [1.54, 1.807) is 17.5 Å². The largest absolute Gasteiger partial charge is 0.339 e. The number of nitrogens with zero attached hydrogens (tertiary/aromatic N) is 4. The maximum Gasteiger partial charge on any atom is 0.228 e. The Morgan fingerprint density at radius 3 is 3.09 bits per heavy atom. The lowest BCUT2D eigenvalue weighted by molar-refractivity contribution is -0.134. The SMILES string of the molecule is Cc1nc(CC(=O)N2CCCC[C@@H]2CCn2cccn2)cs1. The molecule has 0 N–H and O–H groups in total. The summed E-state index contributed by atoms with van der Waals surface area (Å²) in [5.74, 6) is 0.218. The summed E-state index contributed by atoms with van der Waals surface area (Å²) >= 11 is 1.61. The molecule has 0 saturated carbocycles. The average Bonchev–Trinajstić information content (AvgIpc) is 3.17. The van der Waals surface area contributed by atoms with Crippen molar-refractivity contribution in [3.63, 3.8) is 0 Å². The summed E-state index contributed by atoms with van der Waals surface area (Å²) in [6.45, 7) is 3.73. The predicted octanol–water partition coefficient (Wildman–Crippen LogP) is 2.66. The molecule has 5 nitrogen and oxygen atoms in total. The third-order valence-corrected chi connectivity index (χ3v) is 5.02. The van der Waals surface area contributed by atoms with Crippen LogP contribution in [0.1, 0.15) is 36.4 Å². The molecule has 3 heterocycles. The Morgan fingerprint density at radius 1 is 1.45 bits per heavy atom. The lowest BCUT2D eigenvalue weighted by atomic mass is 9.98. The molecule has 1 aliphatic rings. The minimum atomic E-state index is 0.218. The number of hydrogen-bond donors (Lipinski definition) is 0. The van der Waals surface area contributed by atoms with Crippen LogP contribution < -0.4 is 0 Å². The van der Waals surface area contributed by atoms with Crippen molar-refractivity contribution in [3.05, 3.63) is 34.5 Å². The predicted molar refractivity (Wildman–Crippen MR) is 86.8 cm³/mol. The number of piperidine rings is 1. The fourth-order valence-corrected chi connectivity index (χ4v) is 3.70. The van der Waals surface area contributed by atoms with Gasteiger partial charge in [0.2, 0.25) is 5.91 Å². The summed E-state index contributed by atoms with van der Waals surface area (Å²) in [5, 5.41) is 7.27. The summed E-state index contributed by atoms with van der Waals surface area (Å²) in [4.78, 5) is 19.1. The molecule has 1 saturated heterocycles. The number of amides is 1. The van der Waals surface area contributed by atoms with Gasteiger partial charge in [-0.2, -0.15) is 5.10 Å². The van der Waals surface area contributed by atoms with Crippen molar-refractivity contribution < 1.29 is 4.79 Å². The Kier molecular flexibility index (Phi) is 4.87. The highest BCUT2D eigenvalue weighted by atomic mass is 32.1. The van der Waals surface area contributed by atoms with Gasteiger partial charge in [0.05, 0.1) is 17.1 Å². The second kappa shape index (κ2) is 7.05. The number of aryl methyl sites for hydroxylation is 2. The molecule has 0 bridgehead atoms. The van der Waals surface area contributed by atoms with E-state index in [0.717, 1.165) is 43.1 Å². The first-order valence-corrected chi connectivity index (χ1v) is 8.78. The zero-order chi connectivity index (χ0) is 15.4. The van der Waals surface area contributed by atoms with E-state index in [1.807, 2.05) is 29.2 Å². The second-order valence-corrected chi connectivity index (χ2v) is 6.89. The van der Waals surface area contributed by atoms with Crippen LogP contribution in [-0.2, 0) is 17.8 Å². The minimum Gasteiger partial charge on any atom is -0.339 e. The molecule has 0 aromatic carbocycles. The molecule has 1 atom stereocenters. The molecule has 1 amide bonds. The Morgan fingerprint density at radius 2 is 2.36 bits per heavy atom. The van der Waals surface area contributed by atoms with Crippen LogP contribution in [0.3, 0.4) is 0 Å². The topological polar surface area (TPSA) is 51.0 Å². The molecule has 118 valence electrons. The molecule has 0 radical (unpaired) electrons. The highest BCUT2D eigenvalue weighted by Crippen LogP contribution is 2.21. The lowest BCUT2D eigenvalue weighted by Crippen LogP contribution is -2.45. The van der Waals surface area contributed by atoms with Crippen molar-refractivity contribution in [2.24, 2.45) is 0 Å². The van der Waals surface area contributed by atoms with Crippen LogP contribution in [0.25, 0.3) is 0 Å². The molecule has 22 heavy (non-hydrogen) atoms. The van der Waals surface area contributed by atoms with Gasteiger partial charge in [-0.25, -0.2) is 4.98 Å². The average molecular weight is 318 g/mol. The molecule has 2 aromatic rings. The standard InChI is InChI=1S/C16H22N4OS/c1-13-18-14(12-22-13)11-16(21)20-9-3-2-5-15(20)6-10-19-8-4-7-17-19/h4,7-8,12,15H,2-3,5-6,9-11H2,1H3/t15-/m1/s1. The van der Waals surface area contributed by atoms with E-state index in [9.17, 15) is 4.79 Å². The molecule has 6 heteroatoms. The van der Waals surface area contributed by atoms with E-state index in [4.69, 9.17) is 0 Å². The molecular formula is C16H22N4OS. The number of aromatic nitrogens is 3. The van der Waals surface area contributed by atoms with Crippen molar-refractivity contribution >= 4 is 17.2 Å². The third-order valence-electron chi connectivity index (χ3n) is 4.20. The van der Waals surface area contributed by atoms with Gasteiger partial charge in [-0.3, -0.25) is 9.48 Å². The highest BCUT2D eigenvalue weighted by molar-refractivity contribution is 7.09. The molecule has 2 aromatic heterocycles. The van der Waals surface area contributed by atoms with Crippen molar-refractivity contribution in [1.82, 2.24) is 19.7 Å². The van der Waals surface area contributed by atoms with Gasteiger partial charge >= 0.3 is 0 Å². The molecule has 1 aliphatic heterocycles. The van der Waals surface area contributed by atoms with Gasteiger partial charge in [0.15, 0.2) is 0 Å². The Balaban J connectivity index is 1.60. The monoisotopic (exact) mass is 318 g/mol. The smallest absolute Gasteiger partial charge is 0.228 e. The summed E-state index contributed by atoms with van der Waals surface area (Å²) in [5.41, 5.74) is 0.906. The third kappa shape index (κ3) is 3.74. The van der Waals surface area contributed by atoms with Gasteiger partial charge in [-0.1, -0.05) is 0 Å². The van der Waals surface area contributed by atoms with Gasteiger partial charge in [-0.05, 0) is 38.7 Å². The summed E-state index contributed by atoms with van der Waals surface area (Å²) in [6.07, 6.45) is 8.61. The molecule has 0 spiro atoms. The fraction of sp³-hybridized carbons (Fsp3) is 0.562. The van der Waals surface area contributed by atoms with Crippen molar-refractivity contribution in [2.45, 2.75) is 51.6 Å². The zero-order valence-corrected chi connectivity index (χ0v) is 13.8. The van der Waals surface area contributed by atoms with Crippen LogP contribution >= 0.6 is 11.3 Å². The number of carbonyl (C=O) groups is 1. The summed E-state index contributed by atoms with van der Waals surface area (Å²) in [6, 6.07) is 2.28. The fourth-order valence-electron chi connectivity index (χ4n) is 3.09. The maximum atomic E-state index is 12.6. The molecule has 1 fully saturated rings. The van der Waals surface area contributed by atoms with Crippen LogP contribution in [0.5, 0.6) is 0 Å². The molecular weight excluding hydrogens is 296 g/mol. The number of carbonyl (C=O) groups excluding carboxylic acids is 1. The van der Waals surface area contributed by atoms with Gasteiger partial charge in [0, 0.05) is 36.9 Å². The second-order valence-electron chi connectivity index (χ2n) is 5.83. The lowest BCUT2D eigenvalue weighted by Gasteiger charge is -2.36. The van der Waals surface area contributed by atoms with Gasteiger partial charge in [0.1, 0.15) is 0 Å². The van der Waals surface area contributed by atoms with E-state index in [0.29, 0.717) is 12.5 Å². The first kappa shape index (κ1) is 15.2. The number of likely N-dealkylation sites (tertiary alicyclic amines) is 1. The first-order chi connectivity index (χ1) is 10.7.